The maximum atomic E-state index is 12.2. The Morgan fingerprint density at radius 2 is 1.76 bits per heavy atom. The first-order valence-corrected chi connectivity index (χ1v) is 7.28. The number of anilines is 1. The summed E-state index contributed by atoms with van der Waals surface area (Å²) in [7, 11) is 0. The SMILES string of the molecule is Nc1nc(-c2ccc([N+](=O)[O-])cc2)nc2c1c(=O)oc1ccccc12. The maximum Gasteiger partial charge on any atom is 0.349 e. The minimum absolute atomic E-state index is 0.00199. The van der Waals surface area contributed by atoms with E-state index in [1.807, 2.05) is 0 Å². The van der Waals surface area contributed by atoms with Crippen LogP contribution in [0, 0.1) is 10.1 Å². The highest BCUT2D eigenvalue weighted by Gasteiger charge is 2.15. The highest BCUT2D eigenvalue weighted by molar-refractivity contribution is 6.05. The van der Waals surface area contributed by atoms with E-state index in [0.29, 0.717) is 22.0 Å². The summed E-state index contributed by atoms with van der Waals surface area (Å²) in [5.74, 6) is 0.272. The molecule has 2 heterocycles. The smallest absolute Gasteiger partial charge is 0.349 e. The molecule has 0 aliphatic rings. The highest BCUT2D eigenvalue weighted by Crippen LogP contribution is 2.27. The van der Waals surface area contributed by atoms with Crippen molar-refractivity contribution < 1.29 is 9.34 Å². The predicted octanol–water partition coefficient (Wildman–Crippen LogP) is 2.89. The Balaban J connectivity index is 2.02. The second-order valence-electron chi connectivity index (χ2n) is 5.35. The molecule has 2 aromatic carbocycles. The van der Waals surface area contributed by atoms with Crippen LogP contribution in [-0.4, -0.2) is 14.9 Å². The van der Waals surface area contributed by atoms with Crippen molar-refractivity contribution in [1.82, 2.24) is 9.97 Å². The van der Waals surface area contributed by atoms with Crippen molar-refractivity contribution in [3.63, 3.8) is 0 Å². The molecule has 0 bridgehead atoms. The highest BCUT2D eigenvalue weighted by atomic mass is 16.6. The molecule has 2 N–H and O–H groups in total. The van der Waals surface area contributed by atoms with Gasteiger partial charge in [0.05, 0.1) is 10.4 Å². The van der Waals surface area contributed by atoms with Crippen molar-refractivity contribution in [2.75, 3.05) is 5.73 Å². The molecule has 0 aliphatic carbocycles. The van der Waals surface area contributed by atoms with Crippen LogP contribution in [0.2, 0.25) is 0 Å². The zero-order valence-electron chi connectivity index (χ0n) is 12.7. The van der Waals surface area contributed by atoms with Gasteiger partial charge in [0.25, 0.3) is 5.69 Å². The lowest BCUT2D eigenvalue weighted by Gasteiger charge is -2.07. The fourth-order valence-electron chi connectivity index (χ4n) is 2.64. The summed E-state index contributed by atoms with van der Waals surface area (Å²) >= 11 is 0. The van der Waals surface area contributed by atoms with Crippen molar-refractivity contribution in [3.8, 4) is 11.4 Å². The van der Waals surface area contributed by atoms with Gasteiger partial charge in [0.15, 0.2) is 5.82 Å². The Labute approximate surface area is 139 Å². The number of rotatable bonds is 2. The number of benzene rings is 2. The van der Waals surface area contributed by atoms with Crippen LogP contribution in [0.15, 0.2) is 57.7 Å². The molecule has 4 aromatic rings. The molecule has 8 heteroatoms. The number of para-hydroxylation sites is 1. The summed E-state index contributed by atoms with van der Waals surface area (Å²) in [5, 5.41) is 11.5. The number of nitro groups is 1. The summed E-state index contributed by atoms with van der Waals surface area (Å²) in [6, 6.07) is 12.8. The zero-order valence-corrected chi connectivity index (χ0v) is 12.7. The minimum Gasteiger partial charge on any atom is -0.422 e. The van der Waals surface area contributed by atoms with Crippen LogP contribution >= 0.6 is 0 Å². The quantitative estimate of drug-likeness (QED) is 0.258. The van der Waals surface area contributed by atoms with Crippen LogP contribution in [-0.2, 0) is 0 Å². The monoisotopic (exact) mass is 334 g/mol. The molecule has 0 aliphatic heterocycles. The second kappa shape index (κ2) is 5.38. The van der Waals surface area contributed by atoms with Gasteiger partial charge in [-0.1, -0.05) is 12.1 Å². The third-order valence-corrected chi connectivity index (χ3v) is 3.82. The van der Waals surface area contributed by atoms with Crippen LogP contribution < -0.4 is 11.4 Å². The number of non-ortho nitro benzene ring substituents is 1. The summed E-state index contributed by atoms with van der Waals surface area (Å²) in [5.41, 5.74) is 6.63. The van der Waals surface area contributed by atoms with E-state index >= 15 is 0 Å². The lowest BCUT2D eigenvalue weighted by Crippen LogP contribution is -2.08. The second-order valence-corrected chi connectivity index (χ2v) is 5.35. The van der Waals surface area contributed by atoms with E-state index in [4.69, 9.17) is 10.2 Å². The van der Waals surface area contributed by atoms with Gasteiger partial charge in [-0.2, -0.15) is 0 Å². The molecular formula is C17H10N4O4. The lowest BCUT2D eigenvalue weighted by atomic mass is 10.1. The van der Waals surface area contributed by atoms with E-state index in [9.17, 15) is 14.9 Å². The molecule has 0 atom stereocenters. The summed E-state index contributed by atoms with van der Waals surface area (Å²) in [6.45, 7) is 0. The largest absolute Gasteiger partial charge is 0.422 e. The number of hydrogen-bond donors (Lipinski definition) is 1. The summed E-state index contributed by atoms with van der Waals surface area (Å²) < 4.78 is 5.25. The fraction of sp³-hybridized carbons (Fsp3) is 0. The van der Waals surface area contributed by atoms with Gasteiger partial charge in [-0.05, 0) is 24.3 Å². The molecule has 0 radical (unpaired) electrons. The van der Waals surface area contributed by atoms with Crippen LogP contribution in [0.3, 0.4) is 0 Å². The molecule has 0 spiro atoms. The Morgan fingerprint density at radius 1 is 1.04 bits per heavy atom. The number of fused-ring (bicyclic) bond motifs is 3. The molecule has 2 aromatic heterocycles. The zero-order chi connectivity index (χ0) is 17.6. The Morgan fingerprint density at radius 3 is 2.48 bits per heavy atom. The molecule has 25 heavy (non-hydrogen) atoms. The molecule has 0 fully saturated rings. The summed E-state index contributed by atoms with van der Waals surface area (Å²) in [6.07, 6.45) is 0. The van der Waals surface area contributed by atoms with Gasteiger partial charge in [-0.25, -0.2) is 14.8 Å². The van der Waals surface area contributed by atoms with Gasteiger partial charge in [-0.3, -0.25) is 10.1 Å². The van der Waals surface area contributed by atoms with Crippen LogP contribution in [0.1, 0.15) is 0 Å². The summed E-state index contributed by atoms with van der Waals surface area (Å²) in [4.78, 5) is 31.1. The van der Waals surface area contributed by atoms with Gasteiger partial charge in [0.2, 0.25) is 0 Å². The van der Waals surface area contributed by atoms with Crippen molar-refractivity contribution in [2.45, 2.75) is 0 Å². The molecule has 0 unspecified atom stereocenters. The number of nitrogens with zero attached hydrogens (tertiary/aromatic N) is 3. The lowest BCUT2D eigenvalue weighted by molar-refractivity contribution is -0.384. The van der Waals surface area contributed by atoms with Crippen molar-refractivity contribution in [3.05, 3.63) is 69.1 Å². The van der Waals surface area contributed by atoms with Crippen LogP contribution in [0.25, 0.3) is 33.3 Å². The Kier molecular flexibility index (Phi) is 3.17. The van der Waals surface area contributed by atoms with Gasteiger partial charge in [0.1, 0.15) is 16.8 Å². The average Bonchev–Trinajstić information content (AvgIpc) is 2.61. The number of aromatic nitrogens is 2. The minimum atomic E-state index is -0.610. The number of hydrogen-bond acceptors (Lipinski definition) is 7. The molecule has 8 nitrogen and oxygen atoms in total. The van der Waals surface area contributed by atoms with Crippen LogP contribution in [0.5, 0.6) is 0 Å². The van der Waals surface area contributed by atoms with E-state index in [1.165, 1.54) is 24.3 Å². The van der Waals surface area contributed by atoms with Gasteiger partial charge < -0.3 is 10.2 Å². The molecule has 4 rings (SSSR count). The first kappa shape index (κ1) is 14.8. The Bertz CT molecular complexity index is 1200. The third-order valence-electron chi connectivity index (χ3n) is 3.82. The first-order chi connectivity index (χ1) is 12.0. The predicted molar refractivity (Wildman–Crippen MR) is 92.1 cm³/mol. The average molecular weight is 334 g/mol. The van der Waals surface area contributed by atoms with E-state index in [0.717, 1.165) is 0 Å². The van der Waals surface area contributed by atoms with Gasteiger partial charge >= 0.3 is 5.63 Å². The van der Waals surface area contributed by atoms with E-state index in [1.54, 1.807) is 24.3 Å². The van der Waals surface area contributed by atoms with Crippen molar-refractivity contribution in [1.29, 1.82) is 0 Å². The van der Waals surface area contributed by atoms with E-state index < -0.39 is 10.5 Å². The van der Waals surface area contributed by atoms with E-state index in [-0.39, 0.29) is 22.7 Å². The van der Waals surface area contributed by atoms with Gasteiger partial charge in [-0.15, -0.1) is 0 Å². The van der Waals surface area contributed by atoms with Crippen molar-refractivity contribution in [2.24, 2.45) is 0 Å². The molecule has 0 saturated heterocycles. The first-order valence-electron chi connectivity index (χ1n) is 7.28. The number of nitrogen functional groups attached to an aromatic ring is 1. The number of nitro benzene ring substituents is 1. The van der Waals surface area contributed by atoms with Crippen molar-refractivity contribution >= 4 is 33.4 Å². The normalized spacial score (nSPS) is 11.0. The molecular weight excluding hydrogens is 324 g/mol. The fourth-order valence-corrected chi connectivity index (χ4v) is 2.64. The number of nitrogens with two attached hydrogens (primary N) is 1. The Hall–Kier alpha value is -3.81. The maximum absolute atomic E-state index is 12.2. The molecule has 122 valence electrons. The third kappa shape index (κ3) is 2.36. The van der Waals surface area contributed by atoms with E-state index in [2.05, 4.69) is 9.97 Å². The molecule has 0 amide bonds. The topological polar surface area (TPSA) is 125 Å². The van der Waals surface area contributed by atoms with Gasteiger partial charge in [0, 0.05) is 23.1 Å². The standard InChI is InChI=1S/C17H10N4O4/c18-15-13-14(11-3-1-2-4-12(11)25-17(13)22)19-16(20-15)9-5-7-10(8-6-9)21(23)24/h1-8H,(H2,18,19,20). The van der Waals surface area contributed by atoms with Crippen LogP contribution in [0.4, 0.5) is 11.5 Å². The molecule has 0 saturated carbocycles.